The summed E-state index contributed by atoms with van der Waals surface area (Å²) in [4.78, 5) is 32.1. The summed E-state index contributed by atoms with van der Waals surface area (Å²) in [5.41, 5.74) is 5.77. The number of amides is 2. The molecular formula is C28H25Br2N5O4. The summed E-state index contributed by atoms with van der Waals surface area (Å²) in [5, 5.41) is 6.66. The SMILES string of the molecule is O=C(N[C@H](Cc1cnc[nH]1)C(=O)N/N=C\c1ccc(OCc2ccc(Br)cc2)c(Br)c1)OCc1ccccc1. The van der Waals surface area contributed by atoms with Crippen LogP contribution in [0.5, 0.6) is 5.75 Å². The van der Waals surface area contributed by atoms with Gasteiger partial charge in [-0.05, 0) is 63.0 Å². The number of hydrazone groups is 1. The minimum atomic E-state index is -0.938. The molecule has 11 heteroatoms. The van der Waals surface area contributed by atoms with E-state index < -0.39 is 18.0 Å². The largest absolute Gasteiger partial charge is 0.488 e. The number of aromatic amines is 1. The minimum absolute atomic E-state index is 0.0843. The predicted octanol–water partition coefficient (Wildman–Crippen LogP) is 5.50. The first kappa shape index (κ1) is 28.1. The standard InChI is InChI=1S/C28H25Br2N5O4/c29-22-9-6-20(7-10-22)16-38-26-11-8-21(12-24(26)30)14-33-35-27(36)25(13-23-15-31-18-32-23)34-28(37)39-17-19-4-2-1-3-5-19/h1-12,14-15,18,25H,13,16-17H2,(H,31,32)(H,34,37)(H,35,36)/b33-14-/t25-/m1/s1. The van der Waals surface area contributed by atoms with Crippen molar-refractivity contribution in [3.63, 3.8) is 0 Å². The highest BCUT2D eigenvalue weighted by molar-refractivity contribution is 9.10. The first-order valence-corrected chi connectivity index (χ1v) is 13.5. The van der Waals surface area contributed by atoms with Gasteiger partial charge in [-0.3, -0.25) is 4.79 Å². The molecule has 0 bridgehead atoms. The Bertz CT molecular complexity index is 1400. The molecule has 9 nitrogen and oxygen atoms in total. The Morgan fingerprint density at radius 2 is 1.77 bits per heavy atom. The highest BCUT2D eigenvalue weighted by Crippen LogP contribution is 2.26. The van der Waals surface area contributed by atoms with Crippen molar-refractivity contribution in [3.8, 4) is 5.75 Å². The molecule has 3 aromatic carbocycles. The van der Waals surface area contributed by atoms with E-state index in [0.717, 1.165) is 25.6 Å². The number of aromatic nitrogens is 2. The summed E-state index contributed by atoms with van der Waals surface area (Å²) < 4.78 is 12.9. The van der Waals surface area contributed by atoms with Crippen LogP contribution in [0, 0.1) is 0 Å². The molecule has 1 heterocycles. The minimum Gasteiger partial charge on any atom is -0.488 e. The van der Waals surface area contributed by atoms with Crippen molar-refractivity contribution in [2.24, 2.45) is 5.10 Å². The van der Waals surface area contributed by atoms with E-state index in [4.69, 9.17) is 9.47 Å². The molecule has 0 aliphatic heterocycles. The van der Waals surface area contributed by atoms with Crippen molar-refractivity contribution >= 4 is 50.1 Å². The molecule has 0 aliphatic rings. The molecule has 0 saturated heterocycles. The van der Waals surface area contributed by atoms with Crippen molar-refractivity contribution < 1.29 is 19.1 Å². The zero-order chi connectivity index (χ0) is 27.5. The Morgan fingerprint density at radius 3 is 2.49 bits per heavy atom. The number of rotatable bonds is 11. The van der Waals surface area contributed by atoms with Crippen molar-refractivity contribution in [2.75, 3.05) is 0 Å². The molecule has 0 saturated carbocycles. The molecule has 4 aromatic rings. The van der Waals surface area contributed by atoms with Gasteiger partial charge in [0.1, 0.15) is 25.0 Å². The van der Waals surface area contributed by atoms with Crippen LogP contribution in [-0.2, 0) is 29.2 Å². The van der Waals surface area contributed by atoms with Gasteiger partial charge >= 0.3 is 6.09 Å². The van der Waals surface area contributed by atoms with Gasteiger partial charge in [0, 0.05) is 22.8 Å². The first-order valence-electron chi connectivity index (χ1n) is 11.9. The highest BCUT2D eigenvalue weighted by Gasteiger charge is 2.22. The quantitative estimate of drug-likeness (QED) is 0.146. The molecule has 2 amide bonds. The second-order valence-corrected chi connectivity index (χ2v) is 10.1. The fourth-order valence-corrected chi connectivity index (χ4v) is 4.21. The number of carbonyl (C=O) groups excluding carboxylic acids is 2. The van der Waals surface area contributed by atoms with Crippen LogP contribution in [0.15, 0.2) is 99.4 Å². The van der Waals surface area contributed by atoms with E-state index in [1.807, 2.05) is 72.8 Å². The number of hydrogen-bond acceptors (Lipinski definition) is 6. The van der Waals surface area contributed by atoms with E-state index in [9.17, 15) is 9.59 Å². The number of halogens is 2. The lowest BCUT2D eigenvalue weighted by Crippen LogP contribution is -2.47. The number of hydrogen-bond donors (Lipinski definition) is 3. The monoisotopic (exact) mass is 653 g/mol. The molecule has 39 heavy (non-hydrogen) atoms. The van der Waals surface area contributed by atoms with Gasteiger partial charge in [-0.25, -0.2) is 15.2 Å². The normalized spacial score (nSPS) is 11.6. The third-order valence-electron chi connectivity index (χ3n) is 5.45. The molecule has 0 unspecified atom stereocenters. The van der Waals surface area contributed by atoms with Gasteiger partial charge in [0.15, 0.2) is 0 Å². The number of H-pyrrole nitrogens is 1. The maximum Gasteiger partial charge on any atom is 0.408 e. The zero-order valence-electron chi connectivity index (χ0n) is 20.6. The molecule has 0 radical (unpaired) electrons. The second-order valence-electron chi connectivity index (χ2n) is 8.38. The Labute approximate surface area is 242 Å². The fraction of sp³-hybridized carbons (Fsp3) is 0.143. The molecule has 1 aromatic heterocycles. The van der Waals surface area contributed by atoms with Crippen molar-refractivity contribution in [1.29, 1.82) is 0 Å². The van der Waals surface area contributed by atoms with Gasteiger partial charge in [0.05, 0.1) is 17.0 Å². The number of nitrogens with one attached hydrogen (secondary N) is 3. The smallest absolute Gasteiger partial charge is 0.408 e. The number of imidazole rings is 1. The average Bonchev–Trinajstić information content (AvgIpc) is 3.46. The molecule has 1 atom stereocenters. The number of nitrogens with zero attached hydrogens (tertiary/aromatic N) is 2. The van der Waals surface area contributed by atoms with E-state index >= 15 is 0 Å². The second kappa shape index (κ2) is 14.3. The Balaban J connectivity index is 1.32. The lowest BCUT2D eigenvalue weighted by atomic mass is 10.1. The molecule has 0 aliphatic carbocycles. The van der Waals surface area contributed by atoms with Crippen LogP contribution >= 0.6 is 31.9 Å². The van der Waals surface area contributed by atoms with Crippen LogP contribution in [-0.4, -0.2) is 34.2 Å². The molecule has 4 rings (SSSR count). The molecule has 0 spiro atoms. The summed E-state index contributed by atoms with van der Waals surface area (Å²) in [5.74, 6) is 0.169. The number of benzene rings is 3. The summed E-state index contributed by atoms with van der Waals surface area (Å²) in [7, 11) is 0. The Morgan fingerprint density at radius 1 is 1.00 bits per heavy atom. The van der Waals surface area contributed by atoms with Crippen LogP contribution in [0.2, 0.25) is 0 Å². The van der Waals surface area contributed by atoms with E-state index in [0.29, 0.717) is 18.1 Å². The lowest BCUT2D eigenvalue weighted by Gasteiger charge is -2.16. The Hall–Kier alpha value is -3.96. The van der Waals surface area contributed by atoms with E-state index in [1.54, 1.807) is 6.20 Å². The van der Waals surface area contributed by atoms with Crippen LogP contribution < -0.4 is 15.5 Å². The van der Waals surface area contributed by atoms with Gasteiger partial charge in [0.25, 0.3) is 5.91 Å². The fourth-order valence-electron chi connectivity index (χ4n) is 3.44. The Kier molecular flexibility index (Phi) is 10.3. The molecular weight excluding hydrogens is 630 g/mol. The summed E-state index contributed by atoms with van der Waals surface area (Å²) in [6.45, 7) is 0.509. The number of ether oxygens (including phenoxy) is 2. The van der Waals surface area contributed by atoms with Gasteiger partial charge in [0.2, 0.25) is 0 Å². The van der Waals surface area contributed by atoms with Crippen LogP contribution in [0.25, 0.3) is 0 Å². The van der Waals surface area contributed by atoms with Crippen LogP contribution in [0.3, 0.4) is 0 Å². The van der Waals surface area contributed by atoms with Crippen molar-refractivity contribution in [2.45, 2.75) is 25.7 Å². The molecule has 0 fully saturated rings. The van der Waals surface area contributed by atoms with Crippen LogP contribution in [0.4, 0.5) is 4.79 Å². The van der Waals surface area contributed by atoms with E-state index in [2.05, 4.69) is 57.7 Å². The summed E-state index contributed by atoms with van der Waals surface area (Å²) in [6, 6.07) is 21.7. The van der Waals surface area contributed by atoms with Gasteiger partial charge in [-0.2, -0.15) is 5.10 Å². The third kappa shape index (κ3) is 9.08. The van der Waals surface area contributed by atoms with Crippen molar-refractivity contribution in [3.05, 3.63) is 117 Å². The highest BCUT2D eigenvalue weighted by atomic mass is 79.9. The van der Waals surface area contributed by atoms with Gasteiger partial charge < -0.3 is 19.8 Å². The topological polar surface area (TPSA) is 118 Å². The molecule has 200 valence electrons. The summed E-state index contributed by atoms with van der Waals surface area (Å²) >= 11 is 6.94. The predicted molar refractivity (Wildman–Crippen MR) is 154 cm³/mol. The van der Waals surface area contributed by atoms with E-state index in [1.165, 1.54) is 12.5 Å². The van der Waals surface area contributed by atoms with E-state index in [-0.39, 0.29) is 13.0 Å². The average molecular weight is 655 g/mol. The van der Waals surface area contributed by atoms with Gasteiger partial charge in [-0.15, -0.1) is 0 Å². The maximum absolute atomic E-state index is 12.9. The lowest BCUT2D eigenvalue weighted by molar-refractivity contribution is -0.123. The number of alkyl carbamates (subject to hydrolysis) is 1. The zero-order valence-corrected chi connectivity index (χ0v) is 23.8. The molecule has 3 N–H and O–H groups in total. The number of carbonyl (C=O) groups is 2. The third-order valence-corrected chi connectivity index (χ3v) is 6.60. The van der Waals surface area contributed by atoms with Crippen molar-refractivity contribution in [1.82, 2.24) is 20.7 Å². The van der Waals surface area contributed by atoms with Gasteiger partial charge in [-0.1, -0.05) is 58.4 Å². The van der Waals surface area contributed by atoms with Crippen LogP contribution in [0.1, 0.15) is 22.4 Å². The first-order chi connectivity index (χ1) is 19.0. The summed E-state index contributed by atoms with van der Waals surface area (Å²) in [6.07, 6.45) is 4.05. The maximum atomic E-state index is 12.9.